The third-order valence-corrected chi connectivity index (χ3v) is 5.71. The first-order valence-corrected chi connectivity index (χ1v) is 9.66. The molecule has 0 saturated carbocycles. The van der Waals surface area contributed by atoms with E-state index in [1.807, 2.05) is 52.3 Å². The molecule has 2 aromatic carbocycles. The van der Waals surface area contributed by atoms with Crippen molar-refractivity contribution in [3.8, 4) is 11.5 Å². The summed E-state index contributed by atoms with van der Waals surface area (Å²) in [4.78, 5) is 16.7. The lowest BCUT2D eigenvalue weighted by atomic mass is 9.90. The van der Waals surface area contributed by atoms with Gasteiger partial charge in [-0.2, -0.15) is 0 Å². The molecular formula is C21H23N3O3S. The van der Waals surface area contributed by atoms with Crippen LogP contribution in [0, 0.1) is 0 Å². The normalized spacial score (nSPS) is 18.2. The number of carbonyl (C=O) groups excluding carboxylic acids is 1. The van der Waals surface area contributed by atoms with Gasteiger partial charge in [-0.15, -0.1) is 0 Å². The van der Waals surface area contributed by atoms with Crippen molar-refractivity contribution in [3.63, 3.8) is 0 Å². The van der Waals surface area contributed by atoms with Crippen LogP contribution < -0.4 is 14.8 Å². The van der Waals surface area contributed by atoms with Gasteiger partial charge in [-0.3, -0.25) is 4.79 Å². The fraction of sp³-hybridized carbons (Fsp3) is 0.333. The van der Waals surface area contributed by atoms with Crippen LogP contribution in [0.15, 0.2) is 42.5 Å². The Labute approximate surface area is 170 Å². The second-order valence-corrected chi connectivity index (χ2v) is 7.32. The number of fused-ring (bicyclic) bond motifs is 3. The van der Waals surface area contributed by atoms with Crippen LogP contribution >= 0.6 is 12.2 Å². The average molecular weight is 398 g/mol. The zero-order valence-corrected chi connectivity index (χ0v) is 16.8. The molecule has 146 valence electrons. The van der Waals surface area contributed by atoms with E-state index in [4.69, 9.17) is 21.7 Å². The van der Waals surface area contributed by atoms with Gasteiger partial charge in [0.05, 0.1) is 26.8 Å². The highest BCUT2D eigenvalue weighted by Gasteiger charge is 2.38. The Morgan fingerprint density at radius 2 is 1.86 bits per heavy atom. The summed E-state index contributed by atoms with van der Waals surface area (Å²) in [6.45, 7) is 1.64. The van der Waals surface area contributed by atoms with E-state index in [0.29, 0.717) is 24.0 Å². The SMILES string of the molecule is COc1cc2c(cc1OC)C1CN(C(=S)Nc3ccccc3)CC(=O)N1CC2. The molecule has 2 aliphatic rings. The molecule has 2 heterocycles. The number of benzene rings is 2. The van der Waals surface area contributed by atoms with Gasteiger partial charge in [0.25, 0.3) is 0 Å². The lowest BCUT2D eigenvalue weighted by molar-refractivity contribution is -0.138. The zero-order chi connectivity index (χ0) is 19.7. The van der Waals surface area contributed by atoms with E-state index in [1.54, 1.807) is 14.2 Å². The smallest absolute Gasteiger partial charge is 0.242 e. The molecule has 1 atom stereocenters. The molecule has 0 radical (unpaired) electrons. The second kappa shape index (κ2) is 7.67. The summed E-state index contributed by atoms with van der Waals surface area (Å²) in [7, 11) is 3.26. The number of nitrogens with one attached hydrogen (secondary N) is 1. The number of piperazine rings is 1. The molecule has 0 spiro atoms. The molecule has 4 rings (SSSR count). The highest BCUT2D eigenvalue weighted by Crippen LogP contribution is 2.39. The molecule has 1 fully saturated rings. The number of carbonyl (C=O) groups is 1. The van der Waals surface area contributed by atoms with E-state index >= 15 is 0 Å². The Hall–Kier alpha value is -2.80. The van der Waals surface area contributed by atoms with Gasteiger partial charge in [-0.05, 0) is 54.0 Å². The van der Waals surface area contributed by atoms with Crippen LogP contribution in [0.1, 0.15) is 17.2 Å². The fourth-order valence-electron chi connectivity index (χ4n) is 3.93. The van der Waals surface area contributed by atoms with Crippen molar-refractivity contribution in [2.24, 2.45) is 0 Å². The van der Waals surface area contributed by atoms with Crippen LogP contribution in [-0.4, -0.2) is 54.7 Å². The van der Waals surface area contributed by atoms with Crippen LogP contribution in [-0.2, 0) is 11.2 Å². The van der Waals surface area contributed by atoms with Crippen LogP contribution in [0.5, 0.6) is 11.5 Å². The molecule has 1 N–H and O–H groups in total. The Morgan fingerprint density at radius 3 is 2.57 bits per heavy atom. The molecule has 6 nitrogen and oxygen atoms in total. The van der Waals surface area contributed by atoms with Crippen molar-refractivity contribution in [2.75, 3.05) is 39.2 Å². The molecule has 1 saturated heterocycles. The molecule has 7 heteroatoms. The van der Waals surface area contributed by atoms with E-state index < -0.39 is 0 Å². The van der Waals surface area contributed by atoms with Gasteiger partial charge in [0.2, 0.25) is 5.91 Å². The molecule has 2 aromatic rings. The largest absolute Gasteiger partial charge is 0.493 e. The summed E-state index contributed by atoms with van der Waals surface area (Å²) < 4.78 is 10.9. The molecule has 28 heavy (non-hydrogen) atoms. The first kappa shape index (κ1) is 18.6. The van der Waals surface area contributed by atoms with E-state index in [9.17, 15) is 4.79 Å². The standard InChI is InChI=1S/C21H23N3O3S/c1-26-18-10-14-8-9-24-17(16(14)11-19(18)27-2)12-23(13-20(24)25)21(28)22-15-6-4-3-5-7-15/h3-7,10-11,17H,8-9,12-13H2,1-2H3,(H,22,28). The molecule has 0 bridgehead atoms. The number of hydrogen-bond acceptors (Lipinski definition) is 4. The van der Waals surface area contributed by atoms with Crippen molar-refractivity contribution in [1.82, 2.24) is 9.80 Å². The van der Waals surface area contributed by atoms with E-state index in [-0.39, 0.29) is 18.5 Å². The number of thiocarbonyl (C=S) groups is 1. The van der Waals surface area contributed by atoms with Crippen molar-refractivity contribution >= 4 is 28.9 Å². The lowest BCUT2D eigenvalue weighted by Gasteiger charge is -2.45. The van der Waals surface area contributed by atoms with Crippen molar-refractivity contribution in [2.45, 2.75) is 12.5 Å². The Bertz CT molecular complexity index is 903. The zero-order valence-electron chi connectivity index (χ0n) is 16.0. The van der Waals surface area contributed by atoms with E-state index in [0.717, 1.165) is 23.4 Å². The van der Waals surface area contributed by atoms with Crippen LogP contribution in [0.3, 0.4) is 0 Å². The van der Waals surface area contributed by atoms with Crippen molar-refractivity contribution < 1.29 is 14.3 Å². The van der Waals surface area contributed by atoms with Crippen LogP contribution in [0.4, 0.5) is 5.69 Å². The monoisotopic (exact) mass is 397 g/mol. The van der Waals surface area contributed by atoms with Crippen molar-refractivity contribution in [3.05, 3.63) is 53.6 Å². The van der Waals surface area contributed by atoms with Crippen LogP contribution in [0.2, 0.25) is 0 Å². The number of anilines is 1. The lowest BCUT2D eigenvalue weighted by Crippen LogP contribution is -2.56. The number of rotatable bonds is 3. The Morgan fingerprint density at radius 1 is 1.14 bits per heavy atom. The predicted molar refractivity (Wildman–Crippen MR) is 112 cm³/mol. The summed E-state index contributed by atoms with van der Waals surface area (Å²) >= 11 is 5.59. The van der Waals surface area contributed by atoms with Gasteiger partial charge in [0.15, 0.2) is 16.6 Å². The summed E-state index contributed by atoms with van der Waals surface area (Å²) in [6, 6.07) is 13.7. The number of amides is 1. The number of methoxy groups -OCH3 is 2. The highest BCUT2D eigenvalue weighted by molar-refractivity contribution is 7.80. The number of ether oxygens (including phenoxy) is 2. The maximum atomic E-state index is 12.8. The second-order valence-electron chi connectivity index (χ2n) is 6.94. The predicted octanol–water partition coefficient (Wildman–Crippen LogP) is 2.84. The van der Waals surface area contributed by atoms with Gasteiger partial charge in [0, 0.05) is 18.8 Å². The summed E-state index contributed by atoms with van der Waals surface area (Å²) in [6.07, 6.45) is 0.810. The molecule has 1 amide bonds. The maximum Gasteiger partial charge on any atom is 0.242 e. The molecule has 1 unspecified atom stereocenters. The maximum absolute atomic E-state index is 12.8. The van der Waals surface area contributed by atoms with Gasteiger partial charge in [-0.1, -0.05) is 18.2 Å². The molecule has 2 aliphatic heterocycles. The number of nitrogens with zero attached hydrogens (tertiary/aromatic N) is 2. The quantitative estimate of drug-likeness (QED) is 0.804. The van der Waals surface area contributed by atoms with Crippen molar-refractivity contribution in [1.29, 1.82) is 0 Å². The first-order chi connectivity index (χ1) is 13.6. The summed E-state index contributed by atoms with van der Waals surface area (Å²) in [5.74, 6) is 1.49. The number of para-hydroxylation sites is 1. The van der Waals surface area contributed by atoms with Gasteiger partial charge in [0.1, 0.15) is 0 Å². The number of hydrogen-bond donors (Lipinski definition) is 1. The fourth-order valence-corrected chi connectivity index (χ4v) is 4.19. The molecular weight excluding hydrogens is 374 g/mol. The summed E-state index contributed by atoms with van der Waals surface area (Å²) in [5, 5.41) is 3.80. The minimum atomic E-state index is -0.0553. The van der Waals surface area contributed by atoms with E-state index in [2.05, 4.69) is 5.32 Å². The molecule has 0 aromatic heterocycles. The average Bonchev–Trinajstić information content (AvgIpc) is 2.73. The third-order valence-electron chi connectivity index (χ3n) is 5.35. The van der Waals surface area contributed by atoms with Gasteiger partial charge < -0.3 is 24.6 Å². The van der Waals surface area contributed by atoms with E-state index in [1.165, 1.54) is 5.56 Å². The summed E-state index contributed by atoms with van der Waals surface area (Å²) in [5.41, 5.74) is 3.21. The highest BCUT2D eigenvalue weighted by atomic mass is 32.1. The molecule has 0 aliphatic carbocycles. The topological polar surface area (TPSA) is 54.0 Å². The third kappa shape index (κ3) is 3.38. The Balaban J connectivity index is 1.61. The van der Waals surface area contributed by atoms with Gasteiger partial charge in [-0.25, -0.2) is 0 Å². The minimum Gasteiger partial charge on any atom is -0.493 e. The van der Waals surface area contributed by atoms with Gasteiger partial charge >= 0.3 is 0 Å². The Kier molecular flexibility index (Phi) is 5.09. The van der Waals surface area contributed by atoms with Crippen LogP contribution in [0.25, 0.3) is 0 Å². The first-order valence-electron chi connectivity index (χ1n) is 9.26. The minimum absolute atomic E-state index is 0.0553.